The lowest BCUT2D eigenvalue weighted by Crippen LogP contribution is -2.23. The number of hydrogen-bond donors (Lipinski definition) is 2. The summed E-state index contributed by atoms with van der Waals surface area (Å²) in [7, 11) is 0. The molecule has 1 atom stereocenters. The van der Waals surface area contributed by atoms with Gasteiger partial charge in [-0.1, -0.05) is 18.2 Å². The average molecular weight is 317 g/mol. The fraction of sp³-hybridized carbons (Fsp3) is 0.286. The molecule has 0 saturated carbocycles. The van der Waals surface area contributed by atoms with Crippen LogP contribution in [0.2, 0.25) is 0 Å². The molecular weight excluding hydrogens is 303 g/mol. The molecule has 0 aliphatic carbocycles. The van der Waals surface area contributed by atoms with Crippen LogP contribution in [0.4, 0.5) is 13.2 Å². The molecule has 0 amide bonds. The van der Waals surface area contributed by atoms with Crippen LogP contribution in [0.3, 0.4) is 0 Å². The van der Waals surface area contributed by atoms with E-state index in [1.807, 2.05) is 17.5 Å². The number of aliphatic hydroxyl groups is 1. The van der Waals surface area contributed by atoms with E-state index >= 15 is 0 Å². The first-order valence-corrected chi connectivity index (χ1v) is 7.08. The Balaban J connectivity index is 1.98. The predicted octanol–water partition coefficient (Wildman–Crippen LogP) is 3.47. The lowest BCUT2D eigenvalue weighted by molar-refractivity contribution is -0.274. The third-order valence-corrected chi connectivity index (χ3v) is 3.68. The molecule has 21 heavy (non-hydrogen) atoms. The van der Waals surface area contributed by atoms with Crippen LogP contribution in [-0.2, 0) is 6.54 Å². The number of nitrogens with one attached hydrogen (secondary N) is 1. The SMILES string of the molecule is OCC(NCc1cccs1)c1ccc(OC(F)(F)F)cc1. The Morgan fingerprint density at radius 1 is 1.19 bits per heavy atom. The van der Waals surface area contributed by atoms with Gasteiger partial charge in [-0.25, -0.2) is 0 Å². The number of rotatable bonds is 6. The average Bonchev–Trinajstić information content (AvgIpc) is 2.92. The second kappa shape index (κ2) is 6.93. The minimum absolute atomic E-state index is 0.148. The van der Waals surface area contributed by atoms with Gasteiger partial charge in [0, 0.05) is 11.4 Å². The van der Waals surface area contributed by atoms with Crippen LogP contribution in [0.1, 0.15) is 16.5 Å². The Hall–Kier alpha value is -1.57. The summed E-state index contributed by atoms with van der Waals surface area (Å²) in [4.78, 5) is 1.12. The third-order valence-electron chi connectivity index (χ3n) is 2.80. The van der Waals surface area contributed by atoms with Gasteiger partial charge < -0.3 is 15.2 Å². The fourth-order valence-corrected chi connectivity index (χ4v) is 2.48. The largest absolute Gasteiger partial charge is 0.573 e. The first-order chi connectivity index (χ1) is 9.98. The summed E-state index contributed by atoms with van der Waals surface area (Å²) < 4.78 is 40.0. The number of halogens is 3. The van der Waals surface area contributed by atoms with Crippen molar-refractivity contribution in [1.29, 1.82) is 0 Å². The van der Waals surface area contributed by atoms with Crippen molar-refractivity contribution in [2.75, 3.05) is 6.61 Å². The van der Waals surface area contributed by atoms with Gasteiger partial charge in [0.15, 0.2) is 0 Å². The van der Waals surface area contributed by atoms with Gasteiger partial charge in [-0.15, -0.1) is 24.5 Å². The van der Waals surface area contributed by atoms with E-state index in [-0.39, 0.29) is 18.4 Å². The molecule has 2 rings (SSSR count). The van der Waals surface area contributed by atoms with Gasteiger partial charge >= 0.3 is 6.36 Å². The molecular formula is C14H14F3NO2S. The maximum atomic E-state index is 12.1. The van der Waals surface area contributed by atoms with E-state index in [2.05, 4.69) is 10.1 Å². The summed E-state index contributed by atoms with van der Waals surface area (Å²) in [5.74, 6) is -0.277. The molecule has 2 aromatic rings. The summed E-state index contributed by atoms with van der Waals surface area (Å²) >= 11 is 1.59. The maximum Gasteiger partial charge on any atom is 0.573 e. The predicted molar refractivity (Wildman–Crippen MR) is 74.1 cm³/mol. The number of aliphatic hydroxyl groups excluding tert-OH is 1. The van der Waals surface area contributed by atoms with Crippen LogP contribution in [-0.4, -0.2) is 18.1 Å². The minimum atomic E-state index is -4.70. The van der Waals surface area contributed by atoms with Crippen LogP contribution in [0.15, 0.2) is 41.8 Å². The Kier molecular flexibility index (Phi) is 5.22. The Bertz CT molecular complexity index is 540. The topological polar surface area (TPSA) is 41.5 Å². The molecule has 0 aliphatic rings. The van der Waals surface area contributed by atoms with Crippen LogP contribution in [0.25, 0.3) is 0 Å². The smallest absolute Gasteiger partial charge is 0.406 e. The van der Waals surface area contributed by atoms with Crippen molar-refractivity contribution in [2.45, 2.75) is 18.9 Å². The summed E-state index contributed by atoms with van der Waals surface area (Å²) in [6.45, 7) is 0.439. The van der Waals surface area contributed by atoms with E-state index in [4.69, 9.17) is 0 Å². The molecule has 114 valence electrons. The molecule has 0 aliphatic heterocycles. The van der Waals surface area contributed by atoms with Crippen molar-refractivity contribution in [3.8, 4) is 5.75 Å². The summed E-state index contributed by atoms with van der Waals surface area (Å²) in [6, 6.07) is 9.03. The first-order valence-electron chi connectivity index (χ1n) is 6.20. The van der Waals surface area contributed by atoms with Gasteiger partial charge in [-0.3, -0.25) is 0 Å². The summed E-state index contributed by atoms with van der Waals surface area (Å²) in [5.41, 5.74) is 0.698. The Labute approximate surface area is 124 Å². The molecule has 0 fully saturated rings. The van der Waals surface area contributed by atoms with E-state index in [0.29, 0.717) is 12.1 Å². The molecule has 0 radical (unpaired) electrons. The molecule has 3 nitrogen and oxygen atoms in total. The number of alkyl halides is 3. The van der Waals surface area contributed by atoms with Gasteiger partial charge in [-0.2, -0.15) is 0 Å². The number of ether oxygens (including phenoxy) is 1. The van der Waals surface area contributed by atoms with Crippen LogP contribution < -0.4 is 10.1 Å². The van der Waals surface area contributed by atoms with Crippen molar-refractivity contribution in [3.63, 3.8) is 0 Å². The number of hydrogen-bond acceptors (Lipinski definition) is 4. The summed E-state index contributed by atoms with van der Waals surface area (Å²) in [5, 5.41) is 14.5. The van der Waals surface area contributed by atoms with Gasteiger partial charge in [0.1, 0.15) is 5.75 Å². The van der Waals surface area contributed by atoms with Crippen LogP contribution >= 0.6 is 11.3 Å². The van der Waals surface area contributed by atoms with Crippen molar-refractivity contribution < 1.29 is 23.0 Å². The molecule has 0 spiro atoms. The highest BCUT2D eigenvalue weighted by molar-refractivity contribution is 7.09. The highest BCUT2D eigenvalue weighted by Gasteiger charge is 2.31. The highest BCUT2D eigenvalue weighted by Crippen LogP contribution is 2.24. The fourth-order valence-electron chi connectivity index (χ4n) is 1.83. The lowest BCUT2D eigenvalue weighted by Gasteiger charge is -2.17. The molecule has 0 bridgehead atoms. The molecule has 1 aromatic carbocycles. The van der Waals surface area contributed by atoms with Crippen molar-refractivity contribution in [1.82, 2.24) is 5.32 Å². The van der Waals surface area contributed by atoms with Gasteiger partial charge in [0.2, 0.25) is 0 Å². The van der Waals surface area contributed by atoms with E-state index in [1.54, 1.807) is 11.3 Å². The molecule has 7 heteroatoms. The quantitative estimate of drug-likeness (QED) is 0.857. The van der Waals surface area contributed by atoms with Crippen molar-refractivity contribution in [2.24, 2.45) is 0 Å². The van der Waals surface area contributed by atoms with E-state index < -0.39 is 6.36 Å². The standard InChI is InChI=1S/C14H14F3NO2S/c15-14(16,17)20-11-5-3-10(4-6-11)13(9-19)18-8-12-2-1-7-21-12/h1-7,13,18-19H,8-9H2. The summed E-state index contributed by atoms with van der Waals surface area (Å²) in [6.07, 6.45) is -4.70. The van der Waals surface area contributed by atoms with Crippen LogP contribution in [0, 0.1) is 0 Å². The van der Waals surface area contributed by atoms with Gasteiger partial charge in [0.05, 0.1) is 12.6 Å². The third kappa shape index (κ3) is 5.04. The molecule has 1 unspecified atom stereocenters. The van der Waals surface area contributed by atoms with Crippen molar-refractivity contribution >= 4 is 11.3 Å². The zero-order valence-electron chi connectivity index (χ0n) is 10.9. The second-order valence-corrected chi connectivity index (χ2v) is 5.34. The van der Waals surface area contributed by atoms with Gasteiger partial charge in [0.25, 0.3) is 0 Å². The molecule has 0 saturated heterocycles. The number of benzene rings is 1. The molecule has 1 aromatic heterocycles. The second-order valence-electron chi connectivity index (χ2n) is 4.31. The lowest BCUT2D eigenvalue weighted by atomic mass is 10.1. The van der Waals surface area contributed by atoms with E-state index in [1.165, 1.54) is 24.3 Å². The first kappa shape index (κ1) is 15.8. The maximum absolute atomic E-state index is 12.1. The Morgan fingerprint density at radius 3 is 2.43 bits per heavy atom. The highest BCUT2D eigenvalue weighted by atomic mass is 32.1. The minimum Gasteiger partial charge on any atom is -0.406 e. The normalized spacial score (nSPS) is 13.1. The van der Waals surface area contributed by atoms with Crippen molar-refractivity contribution in [3.05, 3.63) is 52.2 Å². The number of thiophene rings is 1. The van der Waals surface area contributed by atoms with E-state index in [0.717, 1.165) is 4.88 Å². The monoisotopic (exact) mass is 317 g/mol. The van der Waals surface area contributed by atoms with Gasteiger partial charge in [-0.05, 0) is 29.1 Å². The molecule has 1 heterocycles. The Morgan fingerprint density at radius 2 is 1.90 bits per heavy atom. The molecule has 2 N–H and O–H groups in total. The zero-order chi connectivity index (χ0) is 15.3. The zero-order valence-corrected chi connectivity index (χ0v) is 11.7. The van der Waals surface area contributed by atoms with Crippen LogP contribution in [0.5, 0.6) is 5.75 Å². The van der Waals surface area contributed by atoms with E-state index in [9.17, 15) is 18.3 Å².